The van der Waals surface area contributed by atoms with Crippen LogP contribution >= 0.6 is 12.4 Å². The summed E-state index contributed by atoms with van der Waals surface area (Å²) in [5.74, 6) is -1.25. The van der Waals surface area contributed by atoms with Crippen LogP contribution in [-0.2, 0) is 22.1 Å². The summed E-state index contributed by atoms with van der Waals surface area (Å²) in [5, 5.41) is 12.0. The normalized spacial score (nSPS) is 14.8. The number of aromatic nitrogens is 2. The third kappa shape index (κ3) is 11.1. The Bertz CT molecular complexity index is 970. The number of nitrogens with zero attached hydrogens (tertiary/aromatic N) is 2. The SMILES string of the molecule is CC(C)(C)c1[nH]ncc1C[N-]c1cccc(OC2CCCC2)c1.Cl.O=S(=O)(O)CC(F)(F)F. The van der Waals surface area contributed by atoms with E-state index in [1.807, 2.05) is 30.5 Å². The first-order valence-corrected chi connectivity index (χ1v) is 11.8. The standard InChI is InChI=1S/C19H26N3O.C2H3F3O3S.ClH/c1-19(2,3)18-14(13-21-22-18)12-20-15-7-6-10-17(11-15)23-16-8-4-5-9-16;3-2(4,5)1-9(6,7)8;/h6-7,10-11,13,16H,4-5,8-9,12H2,1-3H3,(H,21,22);1H2,(H,6,7,8);1H/q-1;;. The van der Waals surface area contributed by atoms with E-state index in [1.165, 1.54) is 25.7 Å². The number of benzene rings is 1. The van der Waals surface area contributed by atoms with Crippen LogP contribution in [0.2, 0.25) is 0 Å². The van der Waals surface area contributed by atoms with Crippen molar-refractivity contribution < 1.29 is 30.9 Å². The second kappa shape index (κ2) is 11.9. The number of ether oxygens (including phenoxy) is 1. The Labute approximate surface area is 198 Å². The van der Waals surface area contributed by atoms with Crippen LogP contribution in [0.5, 0.6) is 5.75 Å². The van der Waals surface area contributed by atoms with Gasteiger partial charge in [-0.15, -0.1) is 24.6 Å². The van der Waals surface area contributed by atoms with Crippen LogP contribution < -0.4 is 4.74 Å². The summed E-state index contributed by atoms with van der Waals surface area (Å²) in [6, 6.07) is 8.10. The maximum Gasteiger partial charge on any atom is 0.405 e. The Morgan fingerprint density at radius 1 is 1.21 bits per heavy atom. The zero-order chi connectivity index (χ0) is 24.0. The molecule has 188 valence electrons. The van der Waals surface area contributed by atoms with Crippen molar-refractivity contribution in [3.8, 4) is 5.75 Å². The van der Waals surface area contributed by atoms with Crippen molar-refractivity contribution in [2.24, 2.45) is 0 Å². The average molecular weight is 513 g/mol. The molecule has 0 aliphatic heterocycles. The molecule has 3 rings (SSSR count). The highest BCUT2D eigenvalue weighted by Gasteiger charge is 2.33. The molecular formula is C21H30ClF3N3O4S-. The summed E-state index contributed by atoms with van der Waals surface area (Å²) in [6.07, 6.45) is 2.31. The number of alkyl halides is 3. The van der Waals surface area contributed by atoms with Crippen LogP contribution in [0.25, 0.3) is 5.32 Å². The van der Waals surface area contributed by atoms with Gasteiger partial charge in [0.05, 0.1) is 12.3 Å². The van der Waals surface area contributed by atoms with Gasteiger partial charge in [0.2, 0.25) is 0 Å². The molecule has 1 aromatic carbocycles. The lowest BCUT2D eigenvalue weighted by molar-refractivity contribution is -0.107. The predicted molar refractivity (Wildman–Crippen MR) is 123 cm³/mol. The van der Waals surface area contributed by atoms with E-state index in [-0.39, 0.29) is 17.8 Å². The highest BCUT2D eigenvalue weighted by atomic mass is 35.5. The highest BCUT2D eigenvalue weighted by Crippen LogP contribution is 2.31. The Hall–Kier alpha value is -1.98. The van der Waals surface area contributed by atoms with Crippen LogP contribution in [0.15, 0.2) is 30.5 Å². The van der Waals surface area contributed by atoms with Crippen molar-refractivity contribution in [3.63, 3.8) is 0 Å². The predicted octanol–water partition coefficient (Wildman–Crippen LogP) is 6.09. The van der Waals surface area contributed by atoms with Gasteiger partial charge < -0.3 is 10.1 Å². The number of hydrogen-bond acceptors (Lipinski definition) is 4. The zero-order valence-electron chi connectivity index (χ0n) is 18.7. The van der Waals surface area contributed by atoms with Crippen molar-refractivity contribution in [1.29, 1.82) is 0 Å². The topological polar surface area (TPSA) is 106 Å². The summed E-state index contributed by atoms with van der Waals surface area (Å²) in [7, 11) is -4.91. The first-order valence-electron chi connectivity index (χ1n) is 10.2. The molecule has 0 radical (unpaired) electrons. The quantitative estimate of drug-likeness (QED) is 0.455. The molecule has 0 amide bonds. The number of H-pyrrole nitrogens is 1. The van der Waals surface area contributed by atoms with E-state index in [2.05, 4.69) is 31.0 Å². The van der Waals surface area contributed by atoms with Gasteiger partial charge in [0.1, 0.15) is 5.75 Å². The van der Waals surface area contributed by atoms with Gasteiger partial charge in [0.15, 0.2) is 5.75 Å². The molecule has 1 aromatic heterocycles. The first kappa shape index (κ1) is 29.1. The lowest BCUT2D eigenvalue weighted by atomic mass is 9.89. The summed E-state index contributed by atoms with van der Waals surface area (Å²) in [5.41, 5.74) is 3.31. The number of rotatable bonds is 6. The van der Waals surface area contributed by atoms with E-state index in [9.17, 15) is 21.6 Å². The van der Waals surface area contributed by atoms with Gasteiger partial charge in [0, 0.05) is 11.1 Å². The lowest BCUT2D eigenvalue weighted by Crippen LogP contribution is -2.21. The second-order valence-electron chi connectivity index (χ2n) is 8.70. The minimum Gasteiger partial charge on any atom is -0.680 e. The Morgan fingerprint density at radius 3 is 2.36 bits per heavy atom. The van der Waals surface area contributed by atoms with E-state index in [0.29, 0.717) is 12.6 Å². The van der Waals surface area contributed by atoms with Crippen molar-refractivity contribution >= 4 is 28.2 Å². The molecule has 0 spiro atoms. The molecule has 2 aromatic rings. The Morgan fingerprint density at radius 2 is 1.85 bits per heavy atom. The maximum absolute atomic E-state index is 11.0. The summed E-state index contributed by atoms with van der Waals surface area (Å²) in [6.45, 7) is 7.18. The van der Waals surface area contributed by atoms with E-state index in [1.54, 1.807) is 0 Å². The van der Waals surface area contributed by atoms with Crippen LogP contribution in [0.3, 0.4) is 0 Å². The largest absolute Gasteiger partial charge is 0.680 e. The van der Waals surface area contributed by atoms with Crippen LogP contribution in [0.4, 0.5) is 18.9 Å². The monoisotopic (exact) mass is 512 g/mol. The van der Waals surface area contributed by atoms with Crippen LogP contribution in [0, 0.1) is 0 Å². The number of hydrogen-bond donors (Lipinski definition) is 2. The zero-order valence-corrected chi connectivity index (χ0v) is 20.4. The molecular weight excluding hydrogens is 483 g/mol. The van der Waals surface area contributed by atoms with Gasteiger partial charge >= 0.3 is 6.18 Å². The van der Waals surface area contributed by atoms with Crippen molar-refractivity contribution in [2.75, 3.05) is 5.75 Å². The van der Waals surface area contributed by atoms with Gasteiger partial charge in [-0.05, 0) is 43.4 Å². The minimum absolute atomic E-state index is 0. The minimum atomic E-state index is -4.91. The lowest BCUT2D eigenvalue weighted by Gasteiger charge is -2.25. The van der Waals surface area contributed by atoms with Gasteiger partial charge in [-0.1, -0.05) is 32.9 Å². The second-order valence-corrected chi connectivity index (χ2v) is 10.2. The summed E-state index contributed by atoms with van der Waals surface area (Å²) in [4.78, 5) is 0. The smallest absolute Gasteiger partial charge is 0.405 e. The van der Waals surface area contributed by atoms with E-state index >= 15 is 0 Å². The number of aromatic amines is 1. The van der Waals surface area contributed by atoms with E-state index in [0.717, 1.165) is 22.7 Å². The van der Waals surface area contributed by atoms with Crippen molar-refractivity contribution in [2.45, 2.75) is 70.7 Å². The number of nitrogens with one attached hydrogen (secondary N) is 1. The average Bonchev–Trinajstić information content (AvgIpc) is 3.28. The highest BCUT2D eigenvalue weighted by molar-refractivity contribution is 7.85. The molecule has 12 heteroatoms. The Kier molecular flexibility index (Phi) is 10.5. The van der Waals surface area contributed by atoms with Crippen LogP contribution in [-0.4, -0.2) is 41.2 Å². The first-order chi connectivity index (χ1) is 14.7. The third-order valence-corrected chi connectivity index (χ3v) is 5.36. The van der Waals surface area contributed by atoms with Crippen molar-refractivity contribution in [3.05, 3.63) is 47.0 Å². The fraction of sp³-hybridized carbons (Fsp3) is 0.571. The molecule has 33 heavy (non-hydrogen) atoms. The molecule has 1 heterocycles. The van der Waals surface area contributed by atoms with Gasteiger partial charge in [-0.2, -0.15) is 26.7 Å². The van der Waals surface area contributed by atoms with Crippen molar-refractivity contribution in [1.82, 2.24) is 10.2 Å². The molecule has 7 nitrogen and oxygen atoms in total. The molecule has 1 saturated carbocycles. The van der Waals surface area contributed by atoms with E-state index < -0.39 is 22.0 Å². The Balaban J connectivity index is 0.000000467. The molecule has 0 saturated heterocycles. The molecule has 1 aliphatic rings. The molecule has 0 bridgehead atoms. The van der Waals surface area contributed by atoms with Gasteiger partial charge in [0.25, 0.3) is 10.1 Å². The fourth-order valence-corrected chi connectivity index (χ4v) is 3.73. The fourth-order valence-electron chi connectivity index (χ4n) is 3.32. The number of halogens is 4. The molecule has 1 fully saturated rings. The molecule has 2 N–H and O–H groups in total. The molecule has 0 atom stereocenters. The van der Waals surface area contributed by atoms with Crippen LogP contribution in [0.1, 0.15) is 57.7 Å². The maximum atomic E-state index is 11.0. The summed E-state index contributed by atoms with van der Waals surface area (Å²) < 4.78 is 65.7. The molecule has 0 unspecified atom stereocenters. The van der Waals surface area contributed by atoms with E-state index in [4.69, 9.17) is 14.6 Å². The van der Waals surface area contributed by atoms with Gasteiger partial charge in [-0.3, -0.25) is 9.65 Å². The van der Waals surface area contributed by atoms with Gasteiger partial charge in [-0.25, -0.2) is 0 Å². The summed E-state index contributed by atoms with van der Waals surface area (Å²) >= 11 is 0. The third-order valence-electron chi connectivity index (χ3n) is 4.67. The molecule has 1 aliphatic carbocycles.